The third-order valence-electron chi connectivity index (χ3n) is 7.58. The van der Waals surface area contributed by atoms with Crippen molar-refractivity contribution in [3.8, 4) is 23.0 Å². The third kappa shape index (κ3) is 7.33. The van der Waals surface area contributed by atoms with Crippen LogP contribution in [-0.4, -0.2) is 65.3 Å². The molecule has 10 heteroatoms. The third-order valence-corrected chi connectivity index (χ3v) is 7.87. The molecule has 0 aliphatic carbocycles. The molecule has 2 aliphatic heterocycles. The number of hydrogen-bond donors (Lipinski definition) is 1. The van der Waals surface area contributed by atoms with Crippen molar-refractivity contribution in [1.82, 2.24) is 5.32 Å². The molecule has 2 aliphatic rings. The number of fused-ring (bicyclic) bond motifs is 1. The van der Waals surface area contributed by atoms with E-state index in [0.717, 1.165) is 48.7 Å². The van der Waals surface area contributed by atoms with Crippen LogP contribution < -0.4 is 24.4 Å². The van der Waals surface area contributed by atoms with Gasteiger partial charge in [-0.2, -0.15) is 4.91 Å². The summed E-state index contributed by atoms with van der Waals surface area (Å²) in [5.74, 6) is 2.59. The Morgan fingerprint density at radius 1 is 1.07 bits per heavy atom. The van der Waals surface area contributed by atoms with E-state index in [0.29, 0.717) is 55.2 Å². The standard InChI is InChI=1S/C32H38ClN3O6/c1-3-39-29-12-10-25(18-26(29)33)42-24-8-6-23(7-9-24)32-27(35-37)19-34-20-31(32)41-21-22-5-11-30-28(17-22)36(14-16-40-30)13-4-15-38-2/h5-12,17-18,27,31-32,34H,3-4,13-16,19-21H2,1-2H3/t27-,31+,32+/m1/s1. The van der Waals surface area contributed by atoms with Gasteiger partial charge in [0.15, 0.2) is 0 Å². The fourth-order valence-corrected chi connectivity index (χ4v) is 5.76. The topological polar surface area (TPSA) is 90.8 Å². The molecular weight excluding hydrogens is 558 g/mol. The number of hydrogen-bond acceptors (Lipinski definition) is 9. The quantitative estimate of drug-likeness (QED) is 0.185. The van der Waals surface area contributed by atoms with E-state index in [1.165, 1.54) is 0 Å². The van der Waals surface area contributed by atoms with E-state index in [1.807, 2.05) is 49.4 Å². The summed E-state index contributed by atoms with van der Waals surface area (Å²) in [6, 6.07) is 18.8. The van der Waals surface area contributed by atoms with Gasteiger partial charge in [-0.05, 0) is 60.9 Å². The Balaban J connectivity index is 1.27. The second-order valence-corrected chi connectivity index (χ2v) is 10.8. The van der Waals surface area contributed by atoms with Gasteiger partial charge in [0.25, 0.3) is 0 Å². The maximum absolute atomic E-state index is 11.9. The molecule has 0 spiro atoms. The monoisotopic (exact) mass is 595 g/mol. The Labute approximate surface area is 252 Å². The van der Waals surface area contributed by atoms with Gasteiger partial charge < -0.3 is 33.9 Å². The Bertz CT molecular complexity index is 1320. The summed E-state index contributed by atoms with van der Waals surface area (Å²) in [4.78, 5) is 14.2. The average Bonchev–Trinajstić information content (AvgIpc) is 3.02. The molecule has 9 nitrogen and oxygen atoms in total. The number of halogens is 1. The smallest absolute Gasteiger partial charge is 0.142 e. The van der Waals surface area contributed by atoms with Crippen LogP contribution in [0, 0.1) is 4.91 Å². The molecule has 3 aromatic rings. The molecule has 5 rings (SSSR count). The van der Waals surface area contributed by atoms with Gasteiger partial charge in [0.1, 0.15) is 35.6 Å². The first-order valence-corrected chi connectivity index (χ1v) is 14.8. The van der Waals surface area contributed by atoms with Gasteiger partial charge in [0.2, 0.25) is 0 Å². The van der Waals surface area contributed by atoms with Crippen LogP contribution in [0.4, 0.5) is 5.69 Å². The van der Waals surface area contributed by atoms with Gasteiger partial charge in [0.05, 0.1) is 36.6 Å². The van der Waals surface area contributed by atoms with Crippen molar-refractivity contribution in [3.05, 3.63) is 81.7 Å². The van der Waals surface area contributed by atoms with Gasteiger partial charge in [0, 0.05) is 45.3 Å². The molecule has 224 valence electrons. The van der Waals surface area contributed by atoms with E-state index in [-0.39, 0.29) is 12.0 Å². The lowest BCUT2D eigenvalue weighted by Gasteiger charge is -2.36. The SMILES string of the molecule is CCOc1ccc(Oc2ccc([C@@H]3[C@@H](OCc4ccc5c(c4)N(CCCOC)CCO5)CNC[C@H]3N=O)cc2)cc1Cl. The van der Waals surface area contributed by atoms with E-state index in [2.05, 4.69) is 21.5 Å². The largest absolute Gasteiger partial charge is 0.492 e. The second-order valence-electron chi connectivity index (χ2n) is 10.4. The van der Waals surface area contributed by atoms with Crippen molar-refractivity contribution >= 4 is 17.3 Å². The summed E-state index contributed by atoms with van der Waals surface area (Å²) < 4.78 is 29.1. The molecule has 3 atom stereocenters. The fraction of sp³-hybridized carbons (Fsp3) is 0.438. The minimum absolute atomic E-state index is 0.191. The minimum atomic E-state index is -0.450. The van der Waals surface area contributed by atoms with Gasteiger partial charge in [-0.15, -0.1) is 0 Å². The van der Waals surface area contributed by atoms with Crippen molar-refractivity contribution in [2.24, 2.45) is 5.18 Å². The van der Waals surface area contributed by atoms with Crippen molar-refractivity contribution in [1.29, 1.82) is 0 Å². The number of anilines is 1. The predicted octanol–water partition coefficient (Wildman–Crippen LogP) is 6.17. The highest BCUT2D eigenvalue weighted by atomic mass is 35.5. The van der Waals surface area contributed by atoms with Gasteiger partial charge in [-0.1, -0.05) is 35.0 Å². The van der Waals surface area contributed by atoms with Crippen LogP contribution in [0.25, 0.3) is 0 Å². The lowest BCUT2D eigenvalue weighted by atomic mass is 9.84. The van der Waals surface area contributed by atoms with Crippen LogP contribution in [0.15, 0.2) is 65.8 Å². The number of piperidine rings is 1. The Morgan fingerprint density at radius 2 is 1.90 bits per heavy atom. The van der Waals surface area contributed by atoms with Crippen molar-refractivity contribution in [2.75, 3.05) is 58.0 Å². The van der Waals surface area contributed by atoms with Crippen LogP contribution >= 0.6 is 11.6 Å². The first-order chi connectivity index (χ1) is 20.6. The Kier molecular flexibility index (Phi) is 10.5. The Hall–Kier alpha value is -3.37. The summed E-state index contributed by atoms with van der Waals surface area (Å²) in [7, 11) is 1.72. The van der Waals surface area contributed by atoms with Crippen molar-refractivity contribution < 1.29 is 23.7 Å². The van der Waals surface area contributed by atoms with Gasteiger partial charge >= 0.3 is 0 Å². The molecule has 3 aromatic carbocycles. The molecule has 0 bridgehead atoms. The number of rotatable bonds is 13. The number of nitroso groups, excluding NO2 is 1. The summed E-state index contributed by atoms with van der Waals surface area (Å²) in [5.41, 5.74) is 3.11. The lowest BCUT2D eigenvalue weighted by Crippen LogP contribution is -2.48. The normalized spacial score (nSPS) is 20.0. The summed E-state index contributed by atoms with van der Waals surface area (Å²) >= 11 is 6.31. The number of nitrogens with zero attached hydrogens (tertiary/aromatic N) is 2. The van der Waals surface area contributed by atoms with Crippen LogP contribution in [0.3, 0.4) is 0 Å². The van der Waals surface area contributed by atoms with E-state index in [9.17, 15) is 4.91 Å². The van der Waals surface area contributed by atoms with Crippen molar-refractivity contribution in [3.63, 3.8) is 0 Å². The number of methoxy groups -OCH3 is 1. The molecule has 42 heavy (non-hydrogen) atoms. The van der Waals surface area contributed by atoms with E-state index >= 15 is 0 Å². The van der Waals surface area contributed by atoms with Gasteiger partial charge in [-0.25, -0.2) is 0 Å². The van der Waals surface area contributed by atoms with Crippen molar-refractivity contribution in [2.45, 2.75) is 38.0 Å². The van der Waals surface area contributed by atoms with Crippen LogP contribution in [-0.2, 0) is 16.1 Å². The zero-order valence-electron chi connectivity index (χ0n) is 24.1. The molecule has 2 heterocycles. The lowest BCUT2D eigenvalue weighted by molar-refractivity contribution is 0.00539. The molecule has 0 radical (unpaired) electrons. The molecular formula is C32H38ClN3O6. The molecule has 0 amide bonds. The first-order valence-electron chi connectivity index (χ1n) is 14.4. The predicted molar refractivity (Wildman–Crippen MR) is 164 cm³/mol. The van der Waals surface area contributed by atoms with Crippen LogP contribution in [0.2, 0.25) is 5.02 Å². The zero-order chi connectivity index (χ0) is 29.3. The Morgan fingerprint density at radius 3 is 2.67 bits per heavy atom. The highest BCUT2D eigenvalue weighted by Crippen LogP contribution is 2.36. The number of benzene rings is 3. The molecule has 1 fully saturated rings. The second kappa shape index (κ2) is 14.7. The minimum Gasteiger partial charge on any atom is -0.492 e. The average molecular weight is 596 g/mol. The zero-order valence-corrected chi connectivity index (χ0v) is 24.8. The maximum Gasteiger partial charge on any atom is 0.142 e. The molecule has 0 aromatic heterocycles. The molecule has 1 saturated heterocycles. The molecule has 1 N–H and O–H groups in total. The van der Waals surface area contributed by atoms with Gasteiger partial charge in [-0.3, -0.25) is 0 Å². The summed E-state index contributed by atoms with van der Waals surface area (Å²) in [6.45, 7) is 7.12. The summed E-state index contributed by atoms with van der Waals surface area (Å²) in [6.07, 6.45) is 0.715. The number of nitrogens with one attached hydrogen (secondary N) is 1. The maximum atomic E-state index is 11.9. The van der Waals surface area contributed by atoms with Crippen LogP contribution in [0.5, 0.6) is 23.0 Å². The number of ether oxygens (including phenoxy) is 5. The first kappa shape index (κ1) is 30.1. The molecule has 0 saturated carbocycles. The highest BCUT2D eigenvalue weighted by Gasteiger charge is 2.36. The van der Waals surface area contributed by atoms with E-state index in [1.54, 1.807) is 19.2 Å². The summed E-state index contributed by atoms with van der Waals surface area (Å²) in [5, 5.41) is 7.26. The highest BCUT2D eigenvalue weighted by molar-refractivity contribution is 6.32. The van der Waals surface area contributed by atoms with E-state index < -0.39 is 6.04 Å². The van der Waals surface area contributed by atoms with E-state index in [4.69, 9.17) is 35.3 Å². The van der Waals surface area contributed by atoms with Crippen LogP contribution in [0.1, 0.15) is 30.4 Å². The fourth-order valence-electron chi connectivity index (χ4n) is 5.53. The molecule has 0 unspecified atom stereocenters.